The maximum Gasteiger partial charge on any atom is 0.0498 e. The molecule has 16 heavy (non-hydrogen) atoms. The van der Waals surface area contributed by atoms with Crippen molar-refractivity contribution in [3.63, 3.8) is 0 Å². The fourth-order valence-electron chi connectivity index (χ4n) is 2.14. The fraction of sp³-hybridized carbons (Fsp3) is 0.357. The van der Waals surface area contributed by atoms with Gasteiger partial charge in [-0.2, -0.15) is 0 Å². The van der Waals surface area contributed by atoms with Gasteiger partial charge in [0.15, 0.2) is 0 Å². The molecule has 0 bridgehead atoms. The van der Waals surface area contributed by atoms with E-state index >= 15 is 0 Å². The first-order valence-electron chi connectivity index (χ1n) is 5.91. The molecular weight excluding hydrogens is 196 g/mol. The Balaban J connectivity index is 2.00. The Kier molecular flexibility index (Phi) is 2.28. The molecule has 2 heteroatoms. The van der Waals surface area contributed by atoms with Crippen molar-refractivity contribution in [2.24, 2.45) is 5.92 Å². The molecule has 2 heterocycles. The van der Waals surface area contributed by atoms with Gasteiger partial charge in [0, 0.05) is 35.9 Å². The highest BCUT2D eigenvalue weighted by atomic mass is 15.0. The molecule has 0 spiro atoms. The summed E-state index contributed by atoms with van der Waals surface area (Å²) in [7, 11) is 0. The fourth-order valence-corrected chi connectivity index (χ4v) is 2.14. The topological polar surface area (TPSA) is 17.8 Å². The Hall–Kier alpha value is -1.57. The Morgan fingerprint density at radius 2 is 2.19 bits per heavy atom. The molecule has 0 saturated heterocycles. The average molecular weight is 212 g/mol. The first-order chi connectivity index (χ1) is 7.84. The van der Waals surface area contributed by atoms with E-state index in [1.165, 1.54) is 36.3 Å². The zero-order valence-corrected chi connectivity index (χ0v) is 9.56. The van der Waals surface area contributed by atoms with Crippen LogP contribution in [0.1, 0.15) is 18.5 Å². The van der Waals surface area contributed by atoms with Crippen molar-refractivity contribution >= 4 is 0 Å². The van der Waals surface area contributed by atoms with Gasteiger partial charge in [-0.15, -0.1) is 0 Å². The molecule has 0 aromatic carbocycles. The predicted molar refractivity (Wildman–Crippen MR) is 65.1 cm³/mol. The van der Waals surface area contributed by atoms with E-state index in [0.29, 0.717) is 0 Å². The standard InChI is InChI=1S/C14H16N2/c1-11-4-7-14(13-3-2-8-15-9-13)16(11)10-12-5-6-12/h2-4,7-9,12H,5-6,10H2,1H3. The van der Waals surface area contributed by atoms with Crippen LogP contribution in [-0.2, 0) is 6.54 Å². The van der Waals surface area contributed by atoms with Crippen molar-refractivity contribution in [3.05, 3.63) is 42.4 Å². The van der Waals surface area contributed by atoms with Crippen LogP contribution >= 0.6 is 0 Å². The van der Waals surface area contributed by atoms with Crippen LogP contribution < -0.4 is 0 Å². The molecular formula is C14H16N2. The Labute approximate surface area is 95.9 Å². The first-order valence-corrected chi connectivity index (χ1v) is 5.91. The van der Waals surface area contributed by atoms with Gasteiger partial charge in [-0.1, -0.05) is 0 Å². The molecule has 82 valence electrons. The predicted octanol–water partition coefficient (Wildman–Crippen LogP) is 3.27. The van der Waals surface area contributed by atoms with Gasteiger partial charge >= 0.3 is 0 Å². The zero-order chi connectivity index (χ0) is 11.0. The third-order valence-electron chi connectivity index (χ3n) is 3.29. The highest BCUT2D eigenvalue weighted by molar-refractivity contribution is 5.59. The van der Waals surface area contributed by atoms with E-state index in [-0.39, 0.29) is 0 Å². The molecule has 0 aliphatic heterocycles. The highest BCUT2D eigenvalue weighted by Crippen LogP contribution is 2.33. The van der Waals surface area contributed by atoms with E-state index in [4.69, 9.17) is 0 Å². The zero-order valence-electron chi connectivity index (χ0n) is 9.56. The van der Waals surface area contributed by atoms with Gasteiger partial charge in [-0.05, 0) is 49.9 Å². The van der Waals surface area contributed by atoms with E-state index < -0.39 is 0 Å². The summed E-state index contributed by atoms with van der Waals surface area (Å²) >= 11 is 0. The third-order valence-corrected chi connectivity index (χ3v) is 3.29. The van der Waals surface area contributed by atoms with Crippen LogP contribution in [0.2, 0.25) is 0 Å². The smallest absolute Gasteiger partial charge is 0.0498 e. The molecule has 0 radical (unpaired) electrons. The average Bonchev–Trinajstić information content (AvgIpc) is 3.06. The summed E-state index contributed by atoms with van der Waals surface area (Å²) in [6, 6.07) is 8.53. The second-order valence-corrected chi connectivity index (χ2v) is 4.66. The van der Waals surface area contributed by atoms with Crippen molar-refractivity contribution < 1.29 is 0 Å². The number of hydrogen-bond acceptors (Lipinski definition) is 1. The maximum absolute atomic E-state index is 4.19. The van der Waals surface area contributed by atoms with E-state index in [2.05, 4.69) is 34.7 Å². The van der Waals surface area contributed by atoms with Crippen LogP contribution in [0.3, 0.4) is 0 Å². The Morgan fingerprint density at radius 3 is 2.88 bits per heavy atom. The van der Waals surface area contributed by atoms with Gasteiger partial charge in [0.25, 0.3) is 0 Å². The number of hydrogen-bond donors (Lipinski definition) is 0. The molecule has 1 aliphatic rings. The Morgan fingerprint density at radius 1 is 1.31 bits per heavy atom. The van der Waals surface area contributed by atoms with Crippen LogP contribution in [0, 0.1) is 12.8 Å². The molecule has 0 N–H and O–H groups in total. The number of aryl methyl sites for hydroxylation is 1. The van der Waals surface area contributed by atoms with Crippen LogP contribution in [0.5, 0.6) is 0 Å². The first kappa shape index (κ1) is 9.64. The lowest BCUT2D eigenvalue weighted by Gasteiger charge is -2.10. The number of nitrogens with zero attached hydrogens (tertiary/aromatic N) is 2. The van der Waals surface area contributed by atoms with Crippen molar-refractivity contribution in [2.45, 2.75) is 26.3 Å². The normalized spacial score (nSPS) is 15.3. The summed E-state index contributed by atoms with van der Waals surface area (Å²) in [4.78, 5) is 4.19. The summed E-state index contributed by atoms with van der Waals surface area (Å²) in [5.74, 6) is 0.904. The SMILES string of the molecule is Cc1ccc(-c2cccnc2)n1CC1CC1. The lowest BCUT2D eigenvalue weighted by Crippen LogP contribution is -2.03. The molecule has 1 fully saturated rings. The number of aromatic nitrogens is 2. The van der Waals surface area contributed by atoms with Gasteiger partial charge in [0.2, 0.25) is 0 Å². The van der Waals surface area contributed by atoms with Gasteiger partial charge in [0.1, 0.15) is 0 Å². The van der Waals surface area contributed by atoms with Crippen LogP contribution in [0.15, 0.2) is 36.7 Å². The molecule has 0 atom stereocenters. The van der Waals surface area contributed by atoms with E-state index in [1.54, 1.807) is 0 Å². The monoisotopic (exact) mass is 212 g/mol. The molecule has 2 nitrogen and oxygen atoms in total. The van der Waals surface area contributed by atoms with Crippen LogP contribution in [0.25, 0.3) is 11.3 Å². The third kappa shape index (κ3) is 1.75. The lowest BCUT2D eigenvalue weighted by atomic mass is 10.2. The summed E-state index contributed by atoms with van der Waals surface area (Å²) in [6.07, 6.45) is 6.55. The van der Waals surface area contributed by atoms with Gasteiger partial charge in [0.05, 0.1) is 0 Å². The number of rotatable bonds is 3. The summed E-state index contributed by atoms with van der Waals surface area (Å²) in [6.45, 7) is 3.35. The number of pyridine rings is 1. The quantitative estimate of drug-likeness (QED) is 0.763. The largest absolute Gasteiger partial charge is 0.345 e. The molecule has 3 rings (SSSR count). The second kappa shape index (κ2) is 3.78. The Bertz CT molecular complexity index is 481. The van der Waals surface area contributed by atoms with E-state index in [0.717, 1.165) is 5.92 Å². The maximum atomic E-state index is 4.19. The minimum Gasteiger partial charge on any atom is -0.345 e. The van der Waals surface area contributed by atoms with Crippen molar-refractivity contribution in [1.82, 2.24) is 9.55 Å². The minimum absolute atomic E-state index is 0.904. The summed E-state index contributed by atoms with van der Waals surface area (Å²) in [5, 5.41) is 0. The van der Waals surface area contributed by atoms with Crippen LogP contribution in [0.4, 0.5) is 0 Å². The molecule has 0 unspecified atom stereocenters. The summed E-state index contributed by atoms with van der Waals surface area (Å²) < 4.78 is 2.43. The van der Waals surface area contributed by atoms with Crippen molar-refractivity contribution in [2.75, 3.05) is 0 Å². The minimum atomic E-state index is 0.904. The second-order valence-electron chi connectivity index (χ2n) is 4.66. The highest BCUT2D eigenvalue weighted by Gasteiger charge is 2.23. The van der Waals surface area contributed by atoms with Gasteiger partial charge in [-0.3, -0.25) is 4.98 Å². The van der Waals surface area contributed by atoms with E-state index in [1.807, 2.05) is 18.5 Å². The van der Waals surface area contributed by atoms with Gasteiger partial charge < -0.3 is 4.57 Å². The molecule has 2 aromatic rings. The van der Waals surface area contributed by atoms with Crippen LogP contribution in [-0.4, -0.2) is 9.55 Å². The van der Waals surface area contributed by atoms with Crippen molar-refractivity contribution in [1.29, 1.82) is 0 Å². The van der Waals surface area contributed by atoms with Crippen molar-refractivity contribution in [3.8, 4) is 11.3 Å². The van der Waals surface area contributed by atoms with E-state index in [9.17, 15) is 0 Å². The molecule has 0 amide bonds. The molecule has 2 aromatic heterocycles. The molecule has 1 aliphatic carbocycles. The van der Waals surface area contributed by atoms with Gasteiger partial charge in [-0.25, -0.2) is 0 Å². The lowest BCUT2D eigenvalue weighted by molar-refractivity contribution is 0.622. The summed E-state index contributed by atoms with van der Waals surface area (Å²) in [5.41, 5.74) is 3.87. The molecule has 1 saturated carbocycles.